The molecule has 2 aromatic rings. The molecule has 0 saturated carbocycles. The van der Waals surface area contributed by atoms with Crippen molar-refractivity contribution < 1.29 is 4.39 Å². The first-order chi connectivity index (χ1) is 11.7. The summed E-state index contributed by atoms with van der Waals surface area (Å²) in [4.78, 5) is 13.3. The maximum Gasteiger partial charge on any atom is 0.149 e. The molecule has 3 rings (SSSR count). The molecule has 0 unspecified atom stereocenters. The van der Waals surface area contributed by atoms with E-state index in [0.717, 1.165) is 43.1 Å². The van der Waals surface area contributed by atoms with Gasteiger partial charge < -0.3 is 9.80 Å². The third-order valence-electron chi connectivity index (χ3n) is 4.97. The van der Waals surface area contributed by atoms with Crippen molar-refractivity contribution in [3.63, 3.8) is 0 Å². The van der Waals surface area contributed by atoms with Crippen LogP contribution in [0.25, 0.3) is 10.9 Å². The normalized spacial score (nSPS) is 16.2. The molecule has 0 amide bonds. The van der Waals surface area contributed by atoms with Gasteiger partial charge in [-0.1, -0.05) is 19.4 Å². The Bertz CT molecular complexity index is 667. The first-order valence-electron chi connectivity index (χ1n) is 9.01. The Hall–Kier alpha value is -1.75. The predicted molar refractivity (Wildman–Crippen MR) is 96.8 cm³/mol. The van der Waals surface area contributed by atoms with Crippen LogP contribution in [-0.4, -0.2) is 48.1 Å². The van der Waals surface area contributed by atoms with Gasteiger partial charge in [-0.2, -0.15) is 0 Å². The largest absolute Gasteiger partial charge is 0.356 e. The van der Waals surface area contributed by atoms with Crippen molar-refractivity contribution in [3.05, 3.63) is 30.3 Å². The lowest BCUT2D eigenvalue weighted by Gasteiger charge is -2.35. The number of aromatic nitrogens is 2. The third kappa shape index (κ3) is 3.83. The van der Waals surface area contributed by atoms with Crippen molar-refractivity contribution in [3.8, 4) is 0 Å². The number of nitrogens with zero attached hydrogens (tertiary/aromatic N) is 4. The molecule has 4 nitrogen and oxygen atoms in total. The highest BCUT2D eigenvalue weighted by Crippen LogP contribution is 2.28. The fourth-order valence-corrected chi connectivity index (χ4v) is 3.58. The minimum absolute atomic E-state index is 0.274. The van der Waals surface area contributed by atoms with Crippen LogP contribution in [0.2, 0.25) is 0 Å². The van der Waals surface area contributed by atoms with E-state index in [0.29, 0.717) is 5.52 Å². The molecule has 2 heterocycles. The zero-order chi connectivity index (χ0) is 16.9. The van der Waals surface area contributed by atoms with E-state index in [1.54, 1.807) is 6.07 Å². The van der Waals surface area contributed by atoms with Crippen LogP contribution in [0.15, 0.2) is 24.5 Å². The monoisotopic (exact) mass is 330 g/mol. The number of hydrogen-bond acceptors (Lipinski definition) is 4. The van der Waals surface area contributed by atoms with Crippen molar-refractivity contribution in [2.75, 3.05) is 38.1 Å². The predicted octanol–water partition coefficient (Wildman–Crippen LogP) is 3.72. The number of benzene rings is 1. The van der Waals surface area contributed by atoms with Gasteiger partial charge in [0, 0.05) is 25.0 Å². The van der Waals surface area contributed by atoms with Gasteiger partial charge in [-0.3, -0.25) is 0 Å². The molecule has 1 aliphatic heterocycles. The average molecular weight is 330 g/mol. The molecule has 24 heavy (non-hydrogen) atoms. The molecule has 0 bridgehead atoms. The summed E-state index contributed by atoms with van der Waals surface area (Å²) in [6.07, 6.45) is 6.33. The molecule has 0 aliphatic carbocycles. The first-order valence-corrected chi connectivity index (χ1v) is 9.01. The van der Waals surface area contributed by atoms with Crippen LogP contribution in [0.5, 0.6) is 0 Å². The van der Waals surface area contributed by atoms with Crippen molar-refractivity contribution in [1.82, 2.24) is 14.9 Å². The Morgan fingerprint density at radius 3 is 2.79 bits per heavy atom. The van der Waals surface area contributed by atoms with Crippen LogP contribution in [-0.2, 0) is 0 Å². The van der Waals surface area contributed by atoms with Gasteiger partial charge in [0.05, 0.1) is 0 Å². The number of halogens is 1. The van der Waals surface area contributed by atoms with Gasteiger partial charge in [0.2, 0.25) is 0 Å². The van der Waals surface area contributed by atoms with Gasteiger partial charge in [0.25, 0.3) is 0 Å². The Morgan fingerprint density at radius 2 is 2.04 bits per heavy atom. The minimum Gasteiger partial charge on any atom is -0.356 e. The lowest BCUT2D eigenvalue weighted by Crippen LogP contribution is -2.38. The molecular formula is C19H27FN4. The molecule has 1 aromatic heterocycles. The number of para-hydroxylation sites is 1. The summed E-state index contributed by atoms with van der Waals surface area (Å²) < 4.78 is 13.9. The molecule has 0 atom stereocenters. The lowest BCUT2D eigenvalue weighted by molar-refractivity contribution is 0.246. The smallest absolute Gasteiger partial charge is 0.149 e. The maximum atomic E-state index is 13.9. The zero-order valence-electron chi connectivity index (χ0n) is 14.7. The molecule has 0 radical (unpaired) electrons. The third-order valence-corrected chi connectivity index (χ3v) is 4.97. The molecule has 1 aromatic carbocycles. The summed E-state index contributed by atoms with van der Waals surface area (Å²) in [5.41, 5.74) is 0.420. The van der Waals surface area contributed by atoms with E-state index in [9.17, 15) is 4.39 Å². The fraction of sp³-hybridized carbons (Fsp3) is 0.579. The maximum absolute atomic E-state index is 13.9. The van der Waals surface area contributed by atoms with Crippen molar-refractivity contribution in [2.24, 2.45) is 5.92 Å². The molecule has 0 spiro atoms. The van der Waals surface area contributed by atoms with Crippen molar-refractivity contribution in [1.29, 1.82) is 0 Å². The fourth-order valence-electron chi connectivity index (χ4n) is 3.58. The van der Waals surface area contributed by atoms with E-state index in [-0.39, 0.29) is 5.82 Å². The Balaban J connectivity index is 1.64. The molecule has 0 N–H and O–H groups in total. The minimum atomic E-state index is -0.274. The van der Waals surface area contributed by atoms with Gasteiger partial charge in [-0.05, 0) is 50.9 Å². The highest BCUT2D eigenvalue weighted by molar-refractivity contribution is 5.89. The quantitative estimate of drug-likeness (QED) is 0.808. The summed E-state index contributed by atoms with van der Waals surface area (Å²) in [6, 6.07) is 5.11. The summed E-state index contributed by atoms with van der Waals surface area (Å²) >= 11 is 0. The number of hydrogen-bond donors (Lipinski definition) is 0. The molecule has 1 fully saturated rings. The lowest BCUT2D eigenvalue weighted by atomic mass is 9.96. The molecule has 130 valence electrons. The van der Waals surface area contributed by atoms with E-state index >= 15 is 0 Å². The Kier molecular flexibility index (Phi) is 5.61. The number of fused-ring (bicyclic) bond motifs is 1. The van der Waals surface area contributed by atoms with Crippen LogP contribution in [0, 0.1) is 11.7 Å². The highest BCUT2D eigenvalue weighted by Gasteiger charge is 2.22. The van der Waals surface area contributed by atoms with Gasteiger partial charge in [0.15, 0.2) is 0 Å². The second-order valence-electron chi connectivity index (χ2n) is 6.88. The Labute approximate surface area is 143 Å². The second kappa shape index (κ2) is 7.88. The van der Waals surface area contributed by atoms with E-state index in [4.69, 9.17) is 0 Å². The highest BCUT2D eigenvalue weighted by atomic mass is 19.1. The summed E-state index contributed by atoms with van der Waals surface area (Å²) in [5.74, 6) is 1.34. The molecule has 1 saturated heterocycles. The zero-order valence-corrected chi connectivity index (χ0v) is 14.7. The SMILES string of the molecule is CCCCN(C)CC1CCN(c2ncnc3c(F)cccc23)CC1. The van der Waals surface area contributed by atoms with Gasteiger partial charge in [-0.15, -0.1) is 0 Å². The van der Waals surface area contributed by atoms with E-state index in [1.165, 1.54) is 38.3 Å². The van der Waals surface area contributed by atoms with Crippen LogP contribution >= 0.6 is 0 Å². The van der Waals surface area contributed by atoms with Crippen LogP contribution in [0.4, 0.5) is 10.2 Å². The van der Waals surface area contributed by atoms with E-state index in [1.807, 2.05) is 6.07 Å². The summed E-state index contributed by atoms with van der Waals surface area (Å²) in [5, 5.41) is 0.816. The van der Waals surface area contributed by atoms with Crippen molar-refractivity contribution >= 4 is 16.7 Å². The van der Waals surface area contributed by atoms with Crippen LogP contribution in [0.1, 0.15) is 32.6 Å². The summed E-state index contributed by atoms with van der Waals surface area (Å²) in [7, 11) is 2.22. The van der Waals surface area contributed by atoms with Gasteiger partial charge in [0.1, 0.15) is 23.5 Å². The second-order valence-corrected chi connectivity index (χ2v) is 6.88. The van der Waals surface area contributed by atoms with Crippen LogP contribution < -0.4 is 4.90 Å². The number of anilines is 1. The topological polar surface area (TPSA) is 32.3 Å². The van der Waals surface area contributed by atoms with Crippen LogP contribution in [0.3, 0.4) is 0 Å². The standard InChI is InChI=1S/C19H27FN4/c1-3-4-10-23(2)13-15-8-11-24(12-9-15)19-16-6-5-7-17(20)18(16)21-14-22-19/h5-7,14-15H,3-4,8-13H2,1-2H3. The molecular weight excluding hydrogens is 303 g/mol. The van der Waals surface area contributed by atoms with Gasteiger partial charge >= 0.3 is 0 Å². The molecule has 1 aliphatic rings. The van der Waals surface area contributed by atoms with Crippen molar-refractivity contribution in [2.45, 2.75) is 32.6 Å². The van der Waals surface area contributed by atoms with E-state index < -0.39 is 0 Å². The number of piperidine rings is 1. The molecule has 5 heteroatoms. The number of rotatable bonds is 6. The number of unbranched alkanes of at least 4 members (excludes halogenated alkanes) is 1. The van der Waals surface area contributed by atoms with E-state index in [2.05, 4.69) is 33.7 Å². The first kappa shape index (κ1) is 17.1. The summed E-state index contributed by atoms with van der Waals surface area (Å²) in [6.45, 7) is 6.56. The Morgan fingerprint density at radius 1 is 1.25 bits per heavy atom. The average Bonchev–Trinajstić information content (AvgIpc) is 2.61. The van der Waals surface area contributed by atoms with Gasteiger partial charge in [-0.25, -0.2) is 14.4 Å².